The summed E-state index contributed by atoms with van der Waals surface area (Å²) in [5.74, 6) is -0.227. The number of halogens is 2. The molecule has 0 spiro atoms. The van der Waals surface area contributed by atoms with Crippen molar-refractivity contribution in [1.82, 2.24) is 4.90 Å². The number of amides is 1. The average molecular weight is 442 g/mol. The van der Waals surface area contributed by atoms with Crippen LogP contribution >= 0.6 is 23.2 Å². The van der Waals surface area contributed by atoms with Gasteiger partial charge in [-0.15, -0.1) is 0 Å². The molecule has 0 bridgehead atoms. The molecule has 0 aliphatic rings. The minimum Gasteiger partial charge on any atom is -0.386 e. The Morgan fingerprint density at radius 1 is 0.867 bits per heavy atom. The molecule has 0 radical (unpaired) electrons. The Balaban J connectivity index is 1.83. The van der Waals surface area contributed by atoms with Crippen LogP contribution in [0.1, 0.15) is 42.1 Å². The molecule has 3 aromatic carbocycles. The zero-order valence-electron chi connectivity index (χ0n) is 17.0. The first-order chi connectivity index (χ1) is 14.4. The van der Waals surface area contributed by atoms with Gasteiger partial charge in [-0.2, -0.15) is 0 Å². The molecule has 3 atom stereocenters. The standard InChI is InChI=1S/C25H25Cl2NO2/c1-17(25(30)19-11-7-4-8-12-19)28(2)24(29)16-21(18-9-5-3-6-10-18)20-13-14-22(26)23(27)15-20/h3-15,17,21,25,30H,16H2,1-2H3/t17-,21+,25+/m0/s1. The molecule has 0 saturated heterocycles. The average Bonchev–Trinajstić information content (AvgIpc) is 2.79. The van der Waals surface area contributed by atoms with Crippen molar-refractivity contribution >= 4 is 29.1 Å². The molecule has 0 aliphatic heterocycles. The minimum atomic E-state index is -0.764. The van der Waals surface area contributed by atoms with E-state index in [1.807, 2.05) is 79.7 Å². The van der Waals surface area contributed by atoms with Crippen molar-refractivity contribution in [1.29, 1.82) is 0 Å². The van der Waals surface area contributed by atoms with Crippen LogP contribution < -0.4 is 0 Å². The number of carbonyl (C=O) groups excluding carboxylic acids is 1. The number of carbonyl (C=O) groups is 1. The summed E-state index contributed by atoms with van der Waals surface area (Å²) < 4.78 is 0. The van der Waals surface area contributed by atoms with E-state index < -0.39 is 6.10 Å². The van der Waals surface area contributed by atoms with E-state index in [-0.39, 0.29) is 24.3 Å². The normalized spacial score (nSPS) is 14.0. The van der Waals surface area contributed by atoms with E-state index >= 15 is 0 Å². The van der Waals surface area contributed by atoms with Crippen molar-refractivity contribution in [3.8, 4) is 0 Å². The Morgan fingerprint density at radius 2 is 1.43 bits per heavy atom. The first-order valence-corrected chi connectivity index (χ1v) is 10.6. The van der Waals surface area contributed by atoms with Gasteiger partial charge in [0.1, 0.15) is 0 Å². The number of nitrogens with zero attached hydrogens (tertiary/aromatic N) is 1. The van der Waals surface area contributed by atoms with E-state index in [0.29, 0.717) is 10.0 Å². The Morgan fingerprint density at radius 3 is 2.00 bits per heavy atom. The van der Waals surface area contributed by atoms with Gasteiger partial charge < -0.3 is 10.0 Å². The van der Waals surface area contributed by atoms with Gasteiger partial charge in [0, 0.05) is 19.4 Å². The Bertz CT molecular complexity index is 979. The summed E-state index contributed by atoms with van der Waals surface area (Å²) in [5.41, 5.74) is 2.73. The van der Waals surface area contributed by atoms with E-state index in [0.717, 1.165) is 16.7 Å². The van der Waals surface area contributed by atoms with Crippen molar-refractivity contribution in [3.05, 3.63) is 106 Å². The van der Waals surface area contributed by atoms with Crippen LogP contribution in [-0.4, -0.2) is 29.0 Å². The van der Waals surface area contributed by atoms with E-state index in [2.05, 4.69) is 0 Å². The molecule has 1 N–H and O–H groups in total. The highest BCUT2D eigenvalue weighted by Crippen LogP contribution is 2.33. The van der Waals surface area contributed by atoms with Gasteiger partial charge in [-0.05, 0) is 35.7 Å². The molecular formula is C25H25Cl2NO2. The largest absolute Gasteiger partial charge is 0.386 e. The molecule has 0 aromatic heterocycles. The molecule has 1 amide bonds. The van der Waals surface area contributed by atoms with Crippen LogP contribution in [0.4, 0.5) is 0 Å². The van der Waals surface area contributed by atoms with Crippen LogP contribution in [0, 0.1) is 0 Å². The summed E-state index contributed by atoms with van der Waals surface area (Å²) in [6.45, 7) is 1.85. The van der Waals surface area contributed by atoms with Crippen LogP contribution in [0.3, 0.4) is 0 Å². The van der Waals surface area contributed by atoms with Crippen LogP contribution in [0.25, 0.3) is 0 Å². The molecule has 0 fully saturated rings. The lowest BCUT2D eigenvalue weighted by molar-refractivity contribution is -0.134. The number of benzene rings is 3. The number of aliphatic hydroxyl groups excluding tert-OH is 1. The number of hydrogen-bond acceptors (Lipinski definition) is 2. The minimum absolute atomic E-state index is 0.0580. The lowest BCUT2D eigenvalue weighted by Crippen LogP contribution is -2.39. The molecule has 0 unspecified atom stereocenters. The Kier molecular flexibility index (Phi) is 7.54. The van der Waals surface area contributed by atoms with Gasteiger partial charge in [0.2, 0.25) is 5.91 Å². The molecule has 5 heteroatoms. The Labute approximate surface area is 187 Å². The highest BCUT2D eigenvalue weighted by atomic mass is 35.5. The SMILES string of the molecule is C[C@@H]([C@@H](O)c1ccccc1)N(C)C(=O)C[C@H](c1ccccc1)c1ccc(Cl)c(Cl)c1. The molecule has 0 aliphatic carbocycles. The third kappa shape index (κ3) is 5.23. The quantitative estimate of drug-likeness (QED) is 0.481. The lowest BCUT2D eigenvalue weighted by atomic mass is 9.88. The van der Waals surface area contributed by atoms with Crippen molar-refractivity contribution < 1.29 is 9.90 Å². The summed E-state index contributed by atoms with van der Waals surface area (Å²) in [7, 11) is 1.73. The van der Waals surface area contributed by atoms with E-state index in [9.17, 15) is 9.90 Å². The molecule has 3 nitrogen and oxygen atoms in total. The molecular weight excluding hydrogens is 417 g/mol. The second kappa shape index (κ2) is 10.1. The van der Waals surface area contributed by atoms with E-state index in [4.69, 9.17) is 23.2 Å². The first-order valence-electron chi connectivity index (χ1n) is 9.87. The predicted octanol–water partition coefficient (Wildman–Crippen LogP) is 6.10. The third-order valence-electron chi connectivity index (χ3n) is 5.53. The lowest BCUT2D eigenvalue weighted by Gasteiger charge is -2.31. The summed E-state index contributed by atoms with van der Waals surface area (Å²) in [4.78, 5) is 14.8. The zero-order chi connectivity index (χ0) is 21.7. The summed E-state index contributed by atoms with van der Waals surface area (Å²) >= 11 is 12.3. The number of rotatable bonds is 7. The maximum atomic E-state index is 13.2. The molecule has 0 saturated carbocycles. The number of aliphatic hydroxyl groups is 1. The fourth-order valence-electron chi connectivity index (χ4n) is 3.53. The fraction of sp³-hybridized carbons (Fsp3) is 0.240. The van der Waals surface area contributed by atoms with Crippen LogP contribution in [0.5, 0.6) is 0 Å². The maximum Gasteiger partial charge on any atom is 0.223 e. The summed E-state index contributed by atoms with van der Waals surface area (Å²) in [6, 6.07) is 24.3. The van der Waals surface area contributed by atoms with Gasteiger partial charge in [-0.25, -0.2) is 0 Å². The smallest absolute Gasteiger partial charge is 0.223 e. The van der Waals surface area contributed by atoms with Gasteiger partial charge in [0.25, 0.3) is 0 Å². The van der Waals surface area contributed by atoms with Crippen molar-refractivity contribution in [2.24, 2.45) is 0 Å². The zero-order valence-corrected chi connectivity index (χ0v) is 18.5. The maximum absolute atomic E-state index is 13.2. The second-order valence-electron chi connectivity index (χ2n) is 7.44. The highest BCUT2D eigenvalue weighted by Gasteiger charge is 2.27. The fourth-order valence-corrected chi connectivity index (χ4v) is 3.84. The molecule has 0 heterocycles. The number of likely N-dealkylation sites (N-methyl/N-ethyl adjacent to an activating group) is 1. The molecule has 3 rings (SSSR count). The van der Waals surface area contributed by atoms with Gasteiger partial charge in [-0.1, -0.05) is 89.9 Å². The van der Waals surface area contributed by atoms with Crippen molar-refractivity contribution in [3.63, 3.8) is 0 Å². The topological polar surface area (TPSA) is 40.5 Å². The van der Waals surface area contributed by atoms with Crippen molar-refractivity contribution in [2.75, 3.05) is 7.05 Å². The van der Waals surface area contributed by atoms with Gasteiger partial charge in [0.05, 0.1) is 22.2 Å². The third-order valence-corrected chi connectivity index (χ3v) is 6.27. The predicted molar refractivity (Wildman–Crippen MR) is 123 cm³/mol. The Hall–Kier alpha value is -2.33. The summed E-state index contributed by atoms with van der Waals surface area (Å²) in [6.07, 6.45) is -0.509. The van der Waals surface area contributed by atoms with Gasteiger partial charge in [-0.3, -0.25) is 4.79 Å². The highest BCUT2D eigenvalue weighted by molar-refractivity contribution is 6.42. The molecule has 30 heavy (non-hydrogen) atoms. The van der Waals surface area contributed by atoms with Gasteiger partial charge in [0.15, 0.2) is 0 Å². The van der Waals surface area contributed by atoms with E-state index in [1.54, 1.807) is 18.0 Å². The molecule has 3 aromatic rings. The van der Waals surface area contributed by atoms with Gasteiger partial charge >= 0.3 is 0 Å². The second-order valence-corrected chi connectivity index (χ2v) is 8.26. The van der Waals surface area contributed by atoms with Crippen LogP contribution in [0.15, 0.2) is 78.9 Å². The van der Waals surface area contributed by atoms with Crippen LogP contribution in [0.2, 0.25) is 10.0 Å². The van der Waals surface area contributed by atoms with E-state index in [1.165, 1.54) is 0 Å². The monoisotopic (exact) mass is 441 g/mol. The summed E-state index contributed by atoms with van der Waals surface area (Å²) in [5, 5.41) is 11.7. The number of hydrogen-bond donors (Lipinski definition) is 1. The first kappa shape index (κ1) is 22.4. The van der Waals surface area contributed by atoms with Crippen LogP contribution in [-0.2, 0) is 4.79 Å². The molecule has 156 valence electrons. The van der Waals surface area contributed by atoms with Crippen molar-refractivity contribution in [2.45, 2.75) is 31.4 Å².